The van der Waals surface area contributed by atoms with Gasteiger partial charge in [-0.25, -0.2) is 4.98 Å². The maximum Gasteiger partial charge on any atom is 0.263 e. The fraction of sp³-hybridized carbons (Fsp3) is 0.400. The first-order valence-electron chi connectivity index (χ1n) is 7.33. The van der Waals surface area contributed by atoms with Crippen LogP contribution in [0, 0.1) is 0 Å². The third-order valence-corrected chi connectivity index (χ3v) is 4.29. The molecule has 3 rings (SSSR count). The van der Waals surface area contributed by atoms with Gasteiger partial charge in [0.1, 0.15) is 10.7 Å². The largest absolute Gasteiger partial charge is 0.480 e. The number of nitrogens with one attached hydrogen (secondary N) is 1. The van der Waals surface area contributed by atoms with Gasteiger partial charge in [0.05, 0.1) is 20.3 Å². The highest BCUT2D eigenvalue weighted by Gasteiger charge is 2.14. The molecular formula is C15H18N4O3S. The summed E-state index contributed by atoms with van der Waals surface area (Å²) in [6, 6.07) is 5.53. The summed E-state index contributed by atoms with van der Waals surface area (Å²) in [6.45, 7) is 3.55. The summed E-state index contributed by atoms with van der Waals surface area (Å²) in [5.74, 6) is 1.22. The lowest BCUT2D eigenvalue weighted by molar-refractivity contribution is 0.0954. The van der Waals surface area contributed by atoms with E-state index in [0.717, 1.165) is 49.2 Å². The molecule has 1 aliphatic rings. The molecule has 0 aromatic carbocycles. The fourth-order valence-corrected chi connectivity index (χ4v) is 2.89. The van der Waals surface area contributed by atoms with E-state index in [9.17, 15) is 4.79 Å². The molecule has 1 fully saturated rings. The van der Waals surface area contributed by atoms with Crippen molar-refractivity contribution in [3.8, 4) is 5.88 Å². The van der Waals surface area contributed by atoms with Crippen molar-refractivity contribution in [3.63, 3.8) is 0 Å². The van der Waals surface area contributed by atoms with Crippen LogP contribution in [0.1, 0.15) is 15.2 Å². The number of carbonyl (C=O) groups is 1. The van der Waals surface area contributed by atoms with E-state index in [1.54, 1.807) is 12.3 Å². The summed E-state index contributed by atoms with van der Waals surface area (Å²) >= 11 is 1.12. The van der Waals surface area contributed by atoms with Crippen molar-refractivity contribution in [2.24, 2.45) is 0 Å². The molecule has 23 heavy (non-hydrogen) atoms. The molecule has 3 heterocycles. The van der Waals surface area contributed by atoms with Crippen molar-refractivity contribution >= 4 is 23.3 Å². The molecular weight excluding hydrogens is 316 g/mol. The van der Waals surface area contributed by atoms with Gasteiger partial charge in [0.25, 0.3) is 5.91 Å². The maximum absolute atomic E-state index is 12.1. The van der Waals surface area contributed by atoms with Crippen molar-refractivity contribution in [2.75, 3.05) is 38.3 Å². The molecule has 0 bridgehead atoms. The highest BCUT2D eigenvalue weighted by atomic mass is 32.1. The molecule has 0 spiro atoms. The van der Waals surface area contributed by atoms with Crippen LogP contribution in [0.5, 0.6) is 5.88 Å². The molecule has 1 amide bonds. The zero-order valence-electron chi connectivity index (χ0n) is 12.8. The molecule has 0 radical (unpaired) electrons. The second-order valence-corrected chi connectivity index (χ2v) is 5.84. The van der Waals surface area contributed by atoms with Gasteiger partial charge >= 0.3 is 0 Å². The van der Waals surface area contributed by atoms with Crippen LogP contribution in [0.2, 0.25) is 0 Å². The highest BCUT2D eigenvalue weighted by Crippen LogP contribution is 2.17. The molecule has 0 unspecified atom stereocenters. The van der Waals surface area contributed by atoms with Crippen molar-refractivity contribution in [1.82, 2.24) is 14.7 Å². The van der Waals surface area contributed by atoms with Crippen LogP contribution >= 0.6 is 11.5 Å². The van der Waals surface area contributed by atoms with Gasteiger partial charge in [0.15, 0.2) is 0 Å². The Morgan fingerprint density at radius 1 is 1.43 bits per heavy atom. The van der Waals surface area contributed by atoms with Crippen molar-refractivity contribution in [1.29, 1.82) is 0 Å². The Bertz CT molecular complexity index is 670. The number of morpholine rings is 1. The van der Waals surface area contributed by atoms with Crippen LogP contribution in [-0.2, 0) is 11.3 Å². The normalized spacial score (nSPS) is 14.6. The number of carbonyl (C=O) groups excluding carboxylic acids is 1. The lowest BCUT2D eigenvalue weighted by Gasteiger charge is -2.28. The van der Waals surface area contributed by atoms with Crippen LogP contribution in [0.15, 0.2) is 24.4 Å². The van der Waals surface area contributed by atoms with Crippen molar-refractivity contribution in [2.45, 2.75) is 6.54 Å². The summed E-state index contributed by atoms with van der Waals surface area (Å²) in [4.78, 5) is 19.2. The van der Waals surface area contributed by atoms with E-state index in [2.05, 4.69) is 19.6 Å². The standard InChI is InChI=1S/C15H18N4O3S/c1-21-14-9-12(23-18-14)15(20)17-10-11-2-3-16-13(8-11)19-4-6-22-7-5-19/h2-3,8-9H,4-7,10H2,1H3,(H,17,20). The average molecular weight is 334 g/mol. The van der Waals surface area contributed by atoms with Crippen LogP contribution in [-0.4, -0.2) is 48.7 Å². The molecule has 7 nitrogen and oxygen atoms in total. The van der Waals surface area contributed by atoms with Gasteiger partial charge in [-0.15, -0.1) is 0 Å². The lowest BCUT2D eigenvalue weighted by Crippen LogP contribution is -2.36. The first-order chi connectivity index (χ1) is 11.3. The monoisotopic (exact) mass is 334 g/mol. The third-order valence-electron chi connectivity index (χ3n) is 3.52. The Kier molecular flexibility index (Phi) is 5.04. The van der Waals surface area contributed by atoms with E-state index < -0.39 is 0 Å². The first-order valence-corrected chi connectivity index (χ1v) is 8.10. The van der Waals surface area contributed by atoms with Crippen molar-refractivity contribution < 1.29 is 14.3 Å². The fourth-order valence-electron chi connectivity index (χ4n) is 2.27. The molecule has 2 aromatic heterocycles. The second kappa shape index (κ2) is 7.38. The summed E-state index contributed by atoms with van der Waals surface area (Å²) in [5.41, 5.74) is 1.01. The molecule has 2 aromatic rings. The number of hydrogen-bond acceptors (Lipinski definition) is 7. The van der Waals surface area contributed by atoms with Gasteiger partial charge in [0.2, 0.25) is 5.88 Å². The Morgan fingerprint density at radius 2 is 2.26 bits per heavy atom. The van der Waals surface area contributed by atoms with Gasteiger partial charge in [-0.3, -0.25) is 4.79 Å². The highest BCUT2D eigenvalue weighted by molar-refractivity contribution is 7.08. The van der Waals surface area contributed by atoms with Gasteiger partial charge < -0.3 is 19.7 Å². The van der Waals surface area contributed by atoms with Crippen LogP contribution in [0.25, 0.3) is 0 Å². The van der Waals surface area contributed by atoms with Crippen LogP contribution in [0.4, 0.5) is 5.82 Å². The molecule has 8 heteroatoms. The number of amides is 1. The average Bonchev–Trinajstić information content (AvgIpc) is 3.10. The molecule has 1 aliphatic heterocycles. The minimum Gasteiger partial charge on any atom is -0.480 e. The molecule has 1 saturated heterocycles. The minimum absolute atomic E-state index is 0.157. The zero-order valence-corrected chi connectivity index (χ0v) is 13.6. The second-order valence-electron chi connectivity index (χ2n) is 5.04. The number of ether oxygens (including phenoxy) is 2. The first kappa shape index (κ1) is 15.7. The van der Waals surface area contributed by atoms with E-state index in [-0.39, 0.29) is 5.91 Å². The molecule has 0 atom stereocenters. The topological polar surface area (TPSA) is 76.6 Å². The maximum atomic E-state index is 12.1. The summed E-state index contributed by atoms with van der Waals surface area (Å²) < 4.78 is 14.4. The van der Waals surface area contributed by atoms with E-state index in [1.165, 1.54) is 7.11 Å². The van der Waals surface area contributed by atoms with E-state index in [0.29, 0.717) is 17.3 Å². The van der Waals surface area contributed by atoms with Gasteiger partial charge in [-0.1, -0.05) is 0 Å². The number of anilines is 1. The van der Waals surface area contributed by atoms with E-state index in [4.69, 9.17) is 9.47 Å². The van der Waals surface area contributed by atoms with Crippen LogP contribution in [0.3, 0.4) is 0 Å². The predicted octanol–water partition coefficient (Wildman–Crippen LogP) is 1.31. The molecule has 122 valence electrons. The van der Waals surface area contributed by atoms with E-state index in [1.807, 2.05) is 12.1 Å². The number of nitrogens with zero attached hydrogens (tertiary/aromatic N) is 3. The Morgan fingerprint density at radius 3 is 3.00 bits per heavy atom. The third kappa shape index (κ3) is 3.96. The smallest absolute Gasteiger partial charge is 0.263 e. The quantitative estimate of drug-likeness (QED) is 0.888. The van der Waals surface area contributed by atoms with Crippen LogP contribution < -0.4 is 15.0 Å². The van der Waals surface area contributed by atoms with Gasteiger partial charge in [-0.2, -0.15) is 4.37 Å². The number of pyridine rings is 1. The zero-order chi connectivity index (χ0) is 16.1. The summed E-state index contributed by atoms with van der Waals surface area (Å²) in [7, 11) is 1.53. The number of rotatable bonds is 5. The van der Waals surface area contributed by atoms with Gasteiger partial charge in [-0.05, 0) is 29.2 Å². The predicted molar refractivity (Wildman–Crippen MR) is 87.1 cm³/mol. The summed E-state index contributed by atoms with van der Waals surface area (Å²) in [6.07, 6.45) is 1.77. The number of hydrogen-bond donors (Lipinski definition) is 1. The minimum atomic E-state index is -0.157. The summed E-state index contributed by atoms with van der Waals surface area (Å²) in [5, 5.41) is 2.89. The van der Waals surface area contributed by atoms with Crippen molar-refractivity contribution in [3.05, 3.63) is 34.8 Å². The Labute approximate surface area is 138 Å². The van der Waals surface area contributed by atoms with Gasteiger partial charge in [0, 0.05) is 31.9 Å². The number of methoxy groups -OCH3 is 1. The van der Waals surface area contributed by atoms with E-state index >= 15 is 0 Å². The SMILES string of the molecule is COc1cc(C(=O)NCc2ccnc(N3CCOCC3)c2)sn1. The molecule has 1 N–H and O–H groups in total. The Hall–Kier alpha value is -2.19. The lowest BCUT2D eigenvalue weighted by atomic mass is 10.2. The molecule has 0 aliphatic carbocycles. The Balaban J connectivity index is 1.60. The number of aromatic nitrogens is 2. The molecule has 0 saturated carbocycles.